The maximum Gasteiger partial charge on any atom is 0.179 e. The standard InChI is InChI=1S/C12H21N5S/c1-5-17-11-10(9(2)14-17)13-12(18)16(11)8-6-7-15(3)4/h5-8H2,1-4H3,(H,13,18). The first-order valence-electron chi connectivity index (χ1n) is 6.35. The molecule has 1 N–H and O–H groups in total. The fourth-order valence-corrected chi connectivity index (χ4v) is 2.51. The lowest BCUT2D eigenvalue weighted by Gasteiger charge is -2.10. The van der Waals surface area contributed by atoms with Gasteiger partial charge in [0.05, 0.1) is 5.69 Å². The third-order valence-corrected chi connectivity index (χ3v) is 3.44. The summed E-state index contributed by atoms with van der Waals surface area (Å²) in [4.78, 5) is 5.46. The zero-order valence-electron chi connectivity index (χ0n) is 11.5. The Balaban J connectivity index is 2.36. The van der Waals surface area contributed by atoms with Crippen molar-refractivity contribution in [2.24, 2.45) is 0 Å². The summed E-state index contributed by atoms with van der Waals surface area (Å²) in [5.41, 5.74) is 3.22. The van der Waals surface area contributed by atoms with Gasteiger partial charge in [0.25, 0.3) is 0 Å². The van der Waals surface area contributed by atoms with E-state index in [1.807, 2.05) is 11.6 Å². The van der Waals surface area contributed by atoms with Crippen molar-refractivity contribution in [3.05, 3.63) is 10.5 Å². The molecular weight excluding hydrogens is 246 g/mol. The molecule has 0 saturated heterocycles. The van der Waals surface area contributed by atoms with E-state index in [1.165, 1.54) is 0 Å². The average Bonchev–Trinajstić information content (AvgIpc) is 2.78. The predicted octanol–water partition coefficient (Wildman–Crippen LogP) is 2.18. The highest BCUT2D eigenvalue weighted by Crippen LogP contribution is 2.18. The van der Waals surface area contributed by atoms with Gasteiger partial charge in [-0.05, 0) is 53.1 Å². The third kappa shape index (κ3) is 2.35. The molecule has 0 unspecified atom stereocenters. The molecule has 0 aliphatic heterocycles. The molecule has 0 aliphatic carbocycles. The largest absolute Gasteiger partial charge is 0.328 e. The number of nitrogens with one attached hydrogen (secondary N) is 1. The van der Waals surface area contributed by atoms with Gasteiger partial charge in [-0.3, -0.25) is 0 Å². The van der Waals surface area contributed by atoms with Crippen LogP contribution in [0.4, 0.5) is 0 Å². The Labute approximate surface area is 112 Å². The quantitative estimate of drug-likeness (QED) is 0.844. The molecule has 0 amide bonds. The van der Waals surface area contributed by atoms with Gasteiger partial charge in [-0.2, -0.15) is 5.10 Å². The molecule has 18 heavy (non-hydrogen) atoms. The molecular formula is C12H21N5S. The molecule has 2 heterocycles. The van der Waals surface area contributed by atoms with E-state index < -0.39 is 0 Å². The summed E-state index contributed by atoms with van der Waals surface area (Å²) in [5.74, 6) is 0. The number of fused-ring (bicyclic) bond motifs is 1. The van der Waals surface area contributed by atoms with Crippen molar-refractivity contribution in [2.45, 2.75) is 33.4 Å². The molecule has 2 rings (SSSR count). The van der Waals surface area contributed by atoms with Crippen LogP contribution >= 0.6 is 12.2 Å². The molecule has 0 saturated carbocycles. The Hall–Kier alpha value is -1.14. The monoisotopic (exact) mass is 267 g/mol. The van der Waals surface area contributed by atoms with Gasteiger partial charge >= 0.3 is 0 Å². The molecule has 0 radical (unpaired) electrons. The number of aromatic amines is 1. The van der Waals surface area contributed by atoms with Crippen molar-refractivity contribution < 1.29 is 0 Å². The van der Waals surface area contributed by atoms with E-state index in [4.69, 9.17) is 12.2 Å². The number of aryl methyl sites for hydroxylation is 3. The van der Waals surface area contributed by atoms with E-state index in [0.717, 1.165) is 47.7 Å². The van der Waals surface area contributed by atoms with Gasteiger partial charge in [0.2, 0.25) is 0 Å². The summed E-state index contributed by atoms with van der Waals surface area (Å²) in [7, 11) is 4.18. The number of nitrogens with zero attached hydrogens (tertiary/aromatic N) is 4. The van der Waals surface area contributed by atoms with Gasteiger partial charge in [-0.15, -0.1) is 0 Å². The Bertz CT molecular complexity index is 589. The first-order chi connectivity index (χ1) is 8.54. The second-order valence-corrected chi connectivity index (χ2v) is 5.23. The van der Waals surface area contributed by atoms with Gasteiger partial charge < -0.3 is 14.5 Å². The number of rotatable bonds is 5. The first-order valence-corrected chi connectivity index (χ1v) is 6.76. The zero-order valence-corrected chi connectivity index (χ0v) is 12.3. The maximum atomic E-state index is 5.41. The summed E-state index contributed by atoms with van der Waals surface area (Å²) >= 11 is 5.41. The van der Waals surface area contributed by atoms with E-state index in [-0.39, 0.29) is 0 Å². The second-order valence-electron chi connectivity index (χ2n) is 4.84. The van der Waals surface area contributed by atoms with Crippen molar-refractivity contribution in [1.29, 1.82) is 0 Å². The van der Waals surface area contributed by atoms with Crippen LogP contribution in [0.2, 0.25) is 0 Å². The molecule has 6 heteroatoms. The molecule has 0 fully saturated rings. The fourth-order valence-electron chi connectivity index (χ4n) is 2.23. The summed E-state index contributed by atoms with van der Waals surface area (Å²) in [6.45, 7) is 6.98. The molecule has 0 aromatic carbocycles. The second kappa shape index (κ2) is 5.24. The number of hydrogen-bond acceptors (Lipinski definition) is 3. The molecule has 5 nitrogen and oxygen atoms in total. The van der Waals surface area contributed by atoms with Gasteiger partial charge in [0, 0.05) is 13.1 Å². The lowest BCUT2D eigenvalue weighted by molar-refractivity contribution is 0.386. The minimum absolute atomic E-state index is 0.798. The number of aromatic nitrogens is 4. The van der Waals surface area contributed by atoms with Crippen LogP contribution < -0.4 is 0 Å². The number of H-pyrrole nitrogens is 1. The normalized spacial score (nSPS) is 11.8. The van der Waals surface area contributed by atoms with Crippen LogP contribution in [0, 0.1) is 11.7 Å². The Morgan fingerprint density at radius 1 is 1.39 bits per heavy atom. The van der Waals surface area contributed by atoms with Crippen LogP contribution in [-0.4, -0.2) is 44.9 Å². The van der Waals surface area contributed by atoms with E-state index in [0.29, 0.717) is 0 Å². The Morgan fingerprint density at radius 3 is 2.72 bits per heavy atom. The van der Waals surface area contributed by atoms with Gasteiger partial charge in [-0.25, -0.2) is 4.68 Å². The molecule has 0 bridgehead atoms. The summed E-state index contributed by atoms with van der Waals surface area (Å²) in [5, 5.41) is 4.52. The maximum absolute atomic E-state index is 5.41. The SMILES string of the molecule is CCn1nc(C)c2[nH]c(=S)n(CCCN(C)C)c21. The predicted molar refractivity (Wildman–Crippen MR) is 76.5 cm³/mol. The van der Waals surface area contributed by atoms with Crippen molar-refractivity contribution in [3.8, 4) is 0 Å². The average molecular weight is 267 g/mol. The molecule has 0 atom stereocenters. The fraction of sp³-hybridized carbons (Fsp3) is 0.667. The summed E-state index contributed by atoms with van der Waals surface area (Å²) in [6.07, 6.45) is 1.09. The van der Waals surface area contributed by atoms with Crippen LogP contribution in [0.25, 0.3) is 11.2 Å². The Morgan fingerprint density at radius 2 is 2.11 bits per heavy atom. The number of imidazole rings is 1. The molecule has 0 aliphatic rings. The van der Waals surface area contributed by atoms with E-state index >= 15 is 0 Å². The molecule has 100 valence electrons. The number of hydrogen-bond donors (Lipinski definition) is 1. The molecule has 2 aromatic rings. The van der Waals surface area contributed by atoms with Gasteiger partial charge in [0.1, 0.15) is 5.52 Å². The summed E-state index contributed by atoms with van der Waals surface area (Å²) < 4.78 is 4.98. The van der Waals surface area contributed by atoms with Crippen molar-refractivity contribution in [3.63, 3.8) is 0 Å². The molecule has 2 aromatic heterocycles. The zero-order chi connectivity index (χ0) is 13.3. The third-order valence-electron chi connectivity index (χ3n) is 3.12. The van der Waals surface area contributed by atoms with Crippen LogP contribution in [0.3, 0.4) is 0 Å². The highest BCUT2D eigenvalue weighted by atomic mass is 32.1. The van der Waals surface area contributed by atoms with Crippen LogP contribution in [0.15, 0.2) is 0 Å². The first kappa shape index (κ1) is 13.3. The minimum atomic E-state index is 0.798. The lowest BCUT2D eigenvalue weighted by Crippen LogP contribution is -2.15. The van der Waals surface area contributed by atoms with Crippen LogP contribution in [0.1, 0.15) is 19.0 Å². The van der Waals surface area contributed by atoms with E-state index in [1.54, 1.807) is 0 Å². The topological polar surface area (TPSA) is 41.8 Å². The summed E-state index contributed by atoms with van der Waals surface area (Å²) in [6, 6.07) is 0. The van der Waals surface area contributed by atoms with Crippen molar-refractivity contribution in [1.82, 2.24) is 24.2 Å². The molecule has 0 spiro atoms. The van der Waals surface area contributed by atoms with E-state index in [2.05, 4.69) is 40.6 Å². The van der Waals surface area contributed by atoms with Crippen LogP contribution in [0.5, 0.6) is 0 Å². The smallest absolute Gasteiger partial charge is 0.179 e. The highest BCUT2D eigenvalue weighted by Gasteiger charge is 2.13. The van der Waals surface area contributed by atoms with Gasteiger partial charge in [-0.1, -0.05) is 0 Å². The minimum Gasteiger partial charge on any atom is -0.328 e. The van der Waals surface area contributed by atoms with Crippen molar-refractivity contribution in [2.75, 3.05) is 20.6 Å². The van der Waals surface area contributed by atoms with Crippen LogP contribution in [-0.2, 0) is 13.1 Å². The Kier molecular flexibility index (Phi) is 3.87. The lowest BCUT2D eigenvalue weighted by atomic mass is 10.4. The van der Waals surface area contributed by atoms with E-state index in [9.17, 15) is 0 Å². The van der Waals surface area contributed by atoms with Gasteiger partial charge in [0.15, 0.2) is 10.4 Å². The highest BCUT2D eigenvalue weighted by molar-refractivity contribution is 7.71. The van der Waals surface area contributed by atoms with Crippen molar-refractivity contribution >= 4 is 23.4 Å².